The minimum Gasteiger partial charge on any atom is -0.491 e. The molecule has 3 N–H and O–H groups in total. The Kier molecular flexibility index (Phi) is 6.76. The van der Waals surface area contributed by atoms with E-state index in [1.54, 1.807) is 30.3 Å². The van der Waals surface area contributed by atoms with Crippen LogP contribution in [0.1, 0.15) is 6.42 Å². The molecule has 0 heterocycles. The van der Waals surface area contributed by atoms with Crippen molar-refractivity contribution < 1.29 is 23.5 Å². The van der Waals surface area contributed by atoms with Gasteiger partial charge in [-0.1, -0.05) is 28.1 Å². The molecule has 2 aromatic carbocycles. The Balaban J connectivity index is 1.92. The van der Waals surface area contributed by atoms with Gasteiger partial charge in [-0.3, -0.25) is 9.59 Å². The van der Waals surface area contributed by atoms with Crippen molar-refractivity contribution in [2.75, 3.05) is 18.5 Å². The van der Waals surface area contributed by atoms with E-state index in [0.717, 1.165) is 0 Å². The Morgan fingerprint density at radius 3 is 2.60 bits per heavy atom. The number of benzene rings is 2. The zero-order valence-electron chi connectivity index (χ0n) is 13.1. The minimum atomic E-state index is -0.572. The highest BCUT2D eigenvalue weighted by atomic mass is 79.9. The summed E-state index contributed by atoms with van der Waals surface area (Å²) in [6, 6.07) is 11.0. The summed E-state index contributed by atoms with van der Waals surface area (Å²) in [4.78, 5) is 22.7. The quantitative estimate of drug-likeness (QED) is 0.699. The number of para-hydroxylation sites is 2. The Hall–Kier alpha value is -2.61. The highest BCUT2D eigenvalue weighted by Crippen LogP contribution is 2.24. The van der Waals surface area contributed by atoms with Crippen LogP contribution in [0.25, 0.3) is 0 Å². The van der Waals surface area contributed by atoms with Gasteiger partial charge in [0.2, 0.25) is 5.91 Å². The van der Waals surface area contributed by atoms with Gasteiger partial charge in [0.05, 0.1) is 18.7 Å². The van der Waals surface area contributed by atoms with E-state index >= 15 is 0 Å². The van der Waals surface area contributed by atoms with Gasteiger partial charge in [-0.15, -0.1) is 0 Å². The number of hydrogen-bond acceptors (Lipinski definition) is 4. The average molecular weight is 411 g/mol. The van der Waals surface area contributed by atoms with Crippen LogP contribution in [0.4, 0.5) is 10.1 Å². The monoisotopic (exact) mass is 410 g/mol. The maximum absolute atomic E-state index is 13.7. The lowest BCUT2D eigenvalue weighted by atomic mass is 10.3. The SMILES string of the molecule is NC(=O)CCOc1ccccc1NC(=O)COc1ccc(Br)cc1F. The Morgan fingerprint density at radius 2 is 1.88 bits per heavy atom. The van der Waals surface area contributed by atoms with E-state index in [9.17, 15) is 14.0 Å². The largest absolute Gasteiger partial charge is 0.491 e. The lowest BCUT2D eigenvalue weighted by Crippen LogP contribution is -2.21. The van der Waals surface area contributed by atoms with Crippen molar-refractivity contribution in [3.05, 3.63) is 52.8 Å². The second-order valence-electron chi connectivity index (χ2n) is 4.97. The van der Waals surface area contributed by atoms with Gasteiger partial charge in [-0.25, -0.2) is 4.39 Å². The van der Waals surface area contributed by atoms with Crippen LogP contribution in [0.2, 0.25) is 0 Å². The molecule has 8 heteroatoms. The molecule has 0 aromatic heterocycles. The molecule has 0 aliphatic carbocycles. The Morgan fingerprint density at radius 1 is 1.12 bits per heavy atom. The van der Waals surface area contributed by atoms with Crippen molar-refractivity contribution in [3.8, 4) is 11.5 Å². The van der Waals surface area contributed by atoms with Crippen LogP contribution in [-0.4, -0.2) is 25.0 Å². The summed E-state index contributed by atoms with van der Waals surface area (Å²) in [5.41, 5.74) is 5.47. The highest BCUT2D eigenvalue weighted by molar-refractivity contribution is 9.10. The number of hydrogen-bond donors (Lipinski definition) is 2. The lowest BCUT2D eigenvalue weighted by molar-refractivity contribution is -0.119. The van der Waals surface area contributed by atoms with Gasteiger partial charge in [-0.2, -0.15) is 0 Å². The van der Waals surface area contributed by atoms with E-state index < -0.39 is 17.6 Å². The molecule has 0 saturated carbocycles. The number of anilines is 1. The molecule has 132 valence electrons. The molecule has 0 aliphatic heterocycles. The fraction of sp³-hybridized carbons (Fsp3) is 0.176. The van der Waals surface area contributed by atoms with Crippen molar-refractivity contribution in [1.82, 2.24) is 0 Å². The molecule has 0 bridgehead atoms. The molecule has 0 saturated heterocycles. The van der Waals surface area contributed by atoms with Crippen LogP contribution in [0.3, 0.4) is 0 Å². The van der Waals surface area contributed by atoms with E-state index in [-0.39, 0.29) is 25.4 Å². The molecule has 6 nitrogen and oxygen atoms in total. The zero-order valence-corrected chi connectivity index (χ0v) is 14.7. The Labute approximate surface area is 152 Å². The smallest absolute Gasteiger partial charge is 0.262 e. The molecule has 2 aromatic rings. The number of nitrogens with two attached hydrogens (primary N) is 1. The topological polar surface area (TPSA) is 90.7 Å². The number of ether oxygens (including phenoxy) is 2. The van der Waals surface area contributed by atoms with Crippen molar-refractivity contribution in [3.63, 3.8) is 0 Å². The number of rotatable bonds is 8. The summed E-state index contributed by atoms with van der Waals surface area (Å²) in [6.07, 6.45) is 0.0637. The van der Waals surface area contributed by atoms with Gasteiger partial charge < -0.3 is 20.5 Å². The van der Waals surface area contributed by atoms with Gasteiger partial charge in [0.15, 0.2) is 18.2 Å². The molecule has 2 amide bonds. The number of nitrogens with one attached hydrogen (secondary N) is 1. The summed E-state index contributed by atoms with van der Waals surface area (Å²) in [7, 11) is 0. The van der Waals surface area contributed by atoms with Crippen LogP contribution in [0.5, 0.6) is 11.5 Å². The summed E-state index contributed by atoms with van der Waals surface area (Å²) >= 11 is 3.14. The van der Waals surface area contributed by atoms with Crippen LogP contribution in [0.15, 0.2) is 46.9 Å². The second kappa shape index (κ2) is 9.03. The first-order valence-corrected chi connectivity index (χ1v) is 8.13. The van der Waals surface area contributed by atoms with E-state index in [0.29, 0.717) is 15.9 Å². The zero-order chi connectivity index (χ0) is 18.2. The third-order valence-electron chi connectivity index (χ3n) is 3.02. The third-order valence-corrected chi connectivity index (χ3v) is 3.51. The molecular weight excluding hydrogens is 395 g/mol. The van der Waals surface area contributed by atoms with E-state index in [2.05, 4.69) is 21.2 Å². The second-order valence-corrected chi connectivity index (χ2v) is 5.89. The Bertz CT molecular complexity index is 770. The summed E-state index contributed by atoms with van der Waals surface area (Å²) in [5.74, 6) is -1.16. The van der Waals surface area contributed by atoms with E-state index in [1.807, 2.05) is 0 Å². The molecule has 0 atom stereocenters. The predicted octanol–water partition coefficient (Wildman–Crippen LogP) is 2.86. The summed E-state index contributed by atoms with van der Waals surface area (Å²) in [6.45, 7) is -0.267. The molecule has 0 fully saturated rings. The lowest BCUT2D eigenvalue weighted by Gasteiger charge is -2.12. The molecule has 2 rings (SSSR count). The summed E-state index contributed by atoms with van der Waals surface area (Å²) in [5, 5.41) is 2.61. The van der Waals surface area contributed by atoms with Crippen molar-refractivity contribution in [2.24, 2.45) is 5.73 Å². The van der Waals surface area contributed by atoms with Gasteiger partial charge in [0.25, 0.3) is 5.91 Å². The maximum Gasteiger partial charge on any atom is 0.262 e. The molecule has 25 heavy (non-hydrogen) atoms. The molecule has 0 spiro atoms. The van der Waals surface area contributed by atoms with Crippen LogP contribution in [0, 0.1) is 5.82 Å². The molecule has 0 radical (unpaired) electrons. The van der Waals surface area contributed by atoms with Crippen molar-refractivity contribution >= 4 is 33.4 Å². The number of amides is 2. The molecular formula is C17H16BrFN2O4. The van der Waals surface area contributed by atoms with Gasteiger partial charge >= 0.3 is 0 Å². The van der Waals surface area contributed by atoms with Crippen molar-refractivity contribution in [1.29, 1.82) is 0 Å². The number of carbonyl (C=O) groups excluding carboxylic acids is 2. The first-order valence-electron chi connectivity index (χ1n) is 7.33. The van der Waals surface area contributed by atoms with E-state index in [1.165, 1.54) is 12.1 Å². The van der Waals surface area contributed by atoms with Gasteiger partial charge in [-0.05, 0) is 30.3 Å². The van der Waals surface area contributed by atoms with Gasteiger partial charge in [0, 0.05) is 4.47 Å². The molecule has 0 unspecified atom stereocenters. The fourth-order valence-electron chi connectivity index (χ4n) is 1.88. The predicted molar refractivity (Wildman–Crippen MR) is 94.0 cm³/mol. The number of carbonyl (C=O) groups is 2. The van der Waals surface area contributed by atoms with Crippen LogP contribution < -0.4 is 20.5 Å². The summed E-state index contributed by atoms with van der Waals surface area (Å²) < 4.78 is 24.8. The minimum absolute atomic E-state index is 0.0238. The normalized spacial score (nSPS) is 10.2. The first-order chi connectivity index (χ1) is 12.0. The number of halogens is 2. The fourth-order valence-corrected chi connectivity index (χ4v) is 2.21. The third kappa shape index (κ3) is 6.07. The standard InChI is InChI=1S/C17H16BrFN2O4/c18-11-5-6-14(12(19)9-11)25-10-17(23)21-13-3-1-2-4-15(13)24-8-7-16(20)22/h1-6,9H,7-8,10H2,(H2,20,22)(H,21,23). The van der Waals surface area contributed by atoms with E-state index in [4.69, 9.17) is 15.2 Å². The van der Waals surface area contributed by atoms with Crippen LogP contribution >= 0.6 is 15.9 Å². The average Bonchev–Trinajstić information content (AvgIpc) is 2.55. The molecule has 0 aliphatic rings. The maximum atomic E-state index is 13.7. The van der Waals surface area contributed by atoms with Gasteiger partial charge in [0.1, 0.15) is 5.75 Å². The first kappa shape index (κ1) is 18.7. The van der Waals surface area contributed by atoms with Crippen LogP contribution in [-0.2, 0) is 9.59 Å². The van der Waals surface area contributed by atoms with Crippen molar-refractivity contribution in [2.45, 2.75) is 6.42 Å². The number of primary amides is 1. The highest BCUT2D eigenvalue weighted by Gasteiger charge is 2.10.